The Morgan fingerprint density at radius 1 is 1.25 bits per heavy atom. The first-order chi connectivity index (χ1) is 9.72. The average molecular weight is 285 g/mol. The highest BCUT2D eigenvalue weighted by Crippen LogP contribution is 2.46. The fourth-order valence-electron chi connectivity index (χ4n) is 2.66. The van der Waals surface area contributed by atoms with Crippen molar-refractivity contribution in [3.63, 3.8) is 0 Å². The van der Waals surface area contributed by atoms with Gasteiger partial charge < -0.3 is 10.6 Å². The van der Waals surface area contributed by atoms with Crippen LogP contribution in [0.3, 0.4) is 0 Å². The van der Waals surface area contributed by atoms with Crippen molar-refractivity contribution in [3.8, 4) is 6.07 Å². The standard InChI is InChI=1S/C15H15N3OS/c16-10-12-13(19)18-15(8-4-5-9-15)20-14(12)17-11-6-2-1-3-7-11/h1-3,6-7,17H,4-5,8-9H2,(H,18,19). The van der Waals surface area contributed by atoms with Crippen LogP contribution in [0.25, 0.3) is 0 Å². The summed E-state index contributed by atoms with van der Waals surface area (Å²) in [7, 11) is 0. The fraction of sp³-hybridized carbons (Fsp3) is 0.333. The SMILES string of the molecule is N#CC1=C(Nc2ccccc2)SC2(CCCC2)NC1=O. The van der Waals surface area contributed by atoms with E-state index in [1.165, 1.54) is 0 Å². The zero-order valence-electron chi connectivity index (χ0n) is 11.0. The van der Waals surface area contributed by atoms with Gasteiger partial charge in [0.2, 0.25) is 0 Å². The highest BCUT2D eigenvalue weighted by atomic mass is 32.2. The van der Waals surface area contributed by atoms with Crippen LogP contribution < -0.4 is 10.6 Å². The number of carbonyl (C=O) groups is 1. The maximum absolute atomic E-state index is 12.1. The molecule has 1 aliphatic carbocycles. The zero-order valence-corrected chi connectivity index (χ0v) is 11.8. The number of benzene rings is 1. The third kappa shape index (κ3) is 2.39. The topological polar surface area (TPSA) is 64.9 Å². The molecule has 5 heteroatoms. The third-order valence-corrected chi connectivity index (χ3v) is 5.06. The molecule has 0 aromatic heterocycles. The summed E-state index contributed by atoms with van der Waals surface area (Å²) in [6.45, 7) is 0. The van der Waals surface area contributed by atoms with Gasteiger partial charge in [-0.1, -0.05) is 42.8 Å². The molecule has 0 unspecified atom stereocenters. The van der Waals surface area contributed by atoms with Crippen LogP contribution in [0.1, 0.15) is 25.7 Å². The molecule has 20 heavy (non-hydrogen) atoms. The minimum absolute atomic E-state index is 0.177. The van der Waals surface area contributed by atoms with Crippen molar-refractivity contribution in [2.45, 2.75) is 30.6 Å². The molecule has 0 saturated heterocycles. The third-order valence-electron chi connectivity index (χ3n) is 3.65. The number of hydrogen-bond acceptors (Lipinski definition) is 4. The maximum Gasteiger partial charge on any atom is 0.265 e. The molecule has 3 rings (SSSR count). The van der Waals surface area contributed by atoms with Gasteiger partial charge in [0.25, 0.3) is 5.91 Å². The minimum atomic E-state index is -0.258. The lowest BCUT2D eigenvalue weighted by Crippen LogP contribution is -2.47. The van der Waals surface area contributed by atoms with E-state index in [2.05, 4.69) is 10.6 Å². The Bertz CT molecular complexity index is 597. The van der Waals surface area contributed by atoms with E-state index in [-0.39, 0.29) is 16.4 Å². The second-order valence-corrected chi connectivity index (χ2v) is 6.46. The number of para-hydroxylation sites is 1. The molecule has 2 N–H and O–H groups in total. The number of nitrogens with one attached hydrogen (secondary N) is 2. The number of anilines is 1. The number of nitrogens with zero attached hydrogens (tertiary/aromatic N) is 1. The molecule has 1 spiro atoms. The largest absolute Gasteiger partial charge is 0.349 e. The van der Waals surface area contributed by atoms with E-state index < -0.39 is 0 Å². The molecular weight excluding hydrogens is 270 g/mol. The molecule has 1 heterocycles. The summed E-state index contributed by atoms with van der Waals surface area (Å²) >= 11 is 1.59. The monoisotopic (exact) mass is 285 g/mol. The Balaban J connectivity index is 1.92. The lowest BCUT2D eigenvalue weighted by Gasteiger charge is -2.34. The molecule has 0 atom stereocenters. The predicted molar refractivity (Wildman–Crippen MR) is 79.6 cm³/mol. The van der Waals surface area contributed by atoms with Crippen molar-refractivity contribution in [2.75, 3.05) is 5.32 Å². The lowest BCUT2D eigenvalue weighted by molar-refractivity contribution is -0.118. The Morgan fingerprint density at radius 3 is 2.60 bits per heavy atom. The Kier molecular flexibility index (Phi) is 3.41. The molecule has 102 valence electrons. The van der Waals surface area contributed by atoms with Gasteiger partial charge in [-0.3, -0.25) is 4.79 Å². The summed E-state index contributed by atoms with van der Waals surface area (Å²) in [5.41, 5.74) is 1.07. The van der Waals surface area contributed by atoms with E-state index in [0.29, 0.717) is 5.03 Å². The van der Waals surface area contributed by atoms with E-state index >= 15 is 0 Å². The van der Waals surface area contributed by atoms with Gasteiger partial charge in [-0.2, -0.15) is 5.26 Å². The number of amides is 1. The van der Waals surface area contributed by atoms with Crippen molar-refractivity contribution < 1.29 is 4.79 Å². The molecule has 1 aromatic rings. The summed E-state index contributed by atoms with van der Waals surface area (Å²) in [5.74, 6) is -0.258. The zero-order chi connectivity index (χ0) is 14.0. The molecule has 1 aromatic carbocycles. The molecule has 1 fully saturated rings. The van der Waals surface area contributed by atoms with Gasteiger partial charge in [-0.15, -0.1) is 0 Å². The summed E-state index contributed by atoms with van der Waals surface area (Å²) in [4.78, 5) is 11.9. The molecule has 1 amide bonds. The number of rotatable bonds is 2. The minimum Gasteiger partial charge on any atom is -0.349 e. The van der Waals surface area contributed by atoms with Gasteiger partial charge in [0.15, 0.2) is 0 Å². The smallest absolute Gasteiger partial charge is 0.265 e. The molecule has 0 radical (unpaired) electrons. The number of thioether (sulfide) groups is 1. The highest BCUT2D eigenvalue weighted by molar-refractivity contribution is 8.04. The van der Waals surface area contributed by atoms with Crippen molar-refractivity contribution >= 4 is 23.4 Å². The first-order valence-corrected chi connectivity index (χ1v) is 7.52. The predicted octanol–water partition coefficient (Wildman–Crippen LogP) is 2.97. The van der Waals surface area contributed by atoms with Gasteiger partial charge in [-0.05, 0) is 25.0 Å². The van der Waals surface area contributed by atoms with Crippen molar-refractivity contribution in [1.29, 1.82) is 5.26 Å². The summed E-state index contributed by atoms with van der Waals surface area (Å²) in [6, 6.07) is 11.7. The second-order valence-electron chi connectivity index (χ2n) is 5.06. The van der Waals surface area contributed by atoms with Crippen LogP contribution in [0.4, 0.5) is 5.69 Å². The van der Waals surface area contributed by atoms with Gasteiger partial charge in [0.1, 0.15) is 11.6 Å². The summed E-state index contributed by atoms with van der Waals surface area (Å²) in [6.07, 6.45) is 4.16. The molecule has 1 saturated carbocycles. The normalized spacial score (nSPS) is 20.6. The molecule has 0 bridgehead atoms. The number of hydrogen-bond donors (Lipinski definition) is 2. The van der Waals surface area contributed by atoms with Crippen molar-refractivity contribution in [3.05, 3.63) is 40.9 Å². The summed E-state index contributed by atoms with van der Waals surface area (Å²) < 4.78 is 0. The van der Waals surface area contributed by atoms with E-state index in [1.54, 1.807) is 11.8 Å². The van der Waals surface area contributed by atoms with E-state index in [0.717, 1.165) is 31.4 Å². The molecule has 1 aliphatic heterocycles. The van der Waals surface area contributed by atoms with Gasteiger partial charge in [0, 0.05) is 5.69 Å². The summed E-state index contributed by atoms with van der Waals surface area (Å²) in [5, 5.41) is 16.1. The van der Waals surface area contributed by atoms with E-state index in [1.807, 2.05) is 36.4 Å². The van der Waals surface area contributed by atoms with Gasteiger partial charge in [0.05, 0.1) is 9.90 Å². The second kappa shape index (κ2) is 5.22. The average Bonchev–Trinajstić information content (AvgIpc) is 2.87. The van der Waals surface area contributed by atoms with Crippen LogP contribution in [0, 0.1) is 11.3 Å². The first-order valence-electron chi connectivity index (χ1n) is 6.70. The van der Waals surface area contributed by atoms with Crippen LogP contribution in [-0.2, 0) is 4.79 Å². The van der Waals surface area contributed by atoms with Crippen LogP contribution in [-0.4, -0.2) is 10.8 Å². The van der Waals surface area contributed by atoms with Crippen LogP contribution in [0.5, 0.6) is 0 Å². The fourth-order valence-corrected chi connectivity index (χ4v) is 4.10. The van der Waals surface area contributed by atoms with E-state index in [9.17, 15) is 10.1 Å². The molecule has 4 nitrogen and oxygen atoms in total. The van der Waals surface area contributed by atoms with Crippen molar-refractivity contribution in [1.82, 2.24) is 5.32 Å². The lowest BCUT2D eigenvalue weighted by atomic mass is 10.2. The highest BCUT2D eigenvalue weighted by Gasteiger charge is 2.42. The molecular formula is C15H15N3OS. The van der Waals surface area contributed by atoms with Crippen molar-refractivity contribution in [2.24, 2.45) is 0 Å². The number of carbonyl (C=O) groups excluding carboxylic acids is 1. The number of nitriles is 1. The van der Waals surface area contributed by atoms with Gasteiger partial charge in [-0.25, -0.2) is 0 Å². The first kappa shape index (κ1) is 13.1. The Hall–Kier alpha value is -1.93. The van der Waals surface area contributed by atoms with E-state index in [4.69, 9.17) is 0 Å². The quantitative estimate of drug-likeness (QED) is 0.876. The van der Waals surface area contributed by atoms with Crippen LogP contribution in [0.2, 0.25) is 0 Å². The Labute approximate surface area is 122 Å². The Morgan fingerprint density at radius 2 is 1.95 bits per heavy atom. The van der Waals surface area contributed by atoms with Crippen LogP contribution in [0.15, 0.2) is 40.9 Å². The maximum atomic E-state index is 12.1. The van der Waals surface area contributed by atoms with Gasteiger partial charge >= 0.3 is 0 Å². The van der Waals surface area contributed by atoms with Crippen LogP contribution >= 0.6 is 11.8 Å². The molecule has 2 aliphatic rings.